The van der Waals surface area contributed by atoms with Crippen LogP contribution in [-0.2, 0) is 6.42 Å². The van der Waals surface area contributed by atoms with Crippen molar-refractivity contribution in [2.24, 2.45) is 0 Å². The molecule has 0 saturated carbocycles. The number of thiophene rings is 1. The van der Waals surface area contributed by atoms with Crippen LogP contribution in [0.4, 0.5) is 0 Å². The third kappa shape index (κ3) is 4.71. The van der Waals surface area contributed by atoms with E-state index in [1.165, 1.54) is 14.9 Å². The van der Waals surface area contributed by atoms with Crippen LogP contribution in [0.2, 0.25) is 0 Å². The molecule has 0 aliphatic heterocycles. The lowest BCUT2D eigenvalue weighted by molar-refractivity contribution is 0.598. The van der Waals surface area contributed by atoms with Gasteiger partial charge in [0.15, 0.2) is 0 Å². The fourth-order valence-electron chi connectivity index (χ4n) is 2.09. The highest BCUT2D eigenvalue weighted by Gasteiger charge is 2.13. The zero-order valence-corrected chi connectivity index (χ0v) is 14.8. The van der Waals surface area contributed by atoms with E-state index < -0.39 is 0 Å². The summed E-state index contributed by atoms with van der Waals surface area (Å²) < 4.78 is 2.34. The van der Waals surface area contributed by atoms with Crippen LogP contribution in [0.25, 0.3) is 0 Å². The number of benzene rings is 1. The predicted octanol–water partition coefficient (Wildman–Crippen LogP) is 5.21. The van der Waals surface area contributed by atoms with Crippen molar-refractivity contribution >= 4 is 43.2 Å². The molecule has 0 saturated heterocycles. The van der Waals surface area contributed by atoms with E-state index in [0.717, 1.165) is 24.0 Å². The summed E-state index contributed by atoms with van der Waals surface area (Å²) in [5.74, 6) is 0.517. The fourth-order valence-corrected chi connectivity index (χ4v) is 4.04. The lowest BCUT2D eigenvalue weighted by Crippen LogP contribution is -2.22. The number of rotatable bonds is 6. The van der Waals surface area contributed by atoms with Crippen molar-refractivity contribution in [3.8, 4) is 0 Å². The van der Waals surface area contributed by atoms with Gasteiger partial charge in [0.05, 0.1) is 0 Å². The molecule has 1 unspecified atom stereocenters. The first-order valence-corrected chi connectivity index (χ1v) is 8.84. The molecule has 0 bridgehead atoms. The minimum absolute atomic E-state index is 0.517. The summed E-state index contributed by atoms with van der Waals surface area (Å²) >= 11 is 8.92. The lowest BCUT2D eigenvalue weighted by atomic mass is 9.95. The zero-order valence-electron chi connectivity index (χ0n) is 10.8. The Balaban J connectivity index is 2.15. The zero-order chi connectivity index (χ0) is 13.7. The third-order valence-electron chi connectivity index (χ3n) is 3.03. The maximum Gasteiger partial charge on any atom is 0.0285 e. The summed E-state index contributed by atoms with van der Waals surface area (Å²) in [6.07, 6.45) is 1.08. The first-order valence-electron chi connectivity index (χ1n) is 6.38. The number of halogens is 2. The Kier molecular flexibility index (Phi) is 6.07. The Labute approximate surface area is 135 Å². The van der Waals surface area contributed by atoms with Crippen LogP contribution in [0, 0.1) is 0 Å². The molecule has 1 aromatic heterocycles. The van der Waals surface area contributed by atoms with E-state index in [4.69, 9.17) is 0 Å². The predicted molar refractivity (Wildman–Crippen MR) is 91.1 cm³/mol. The van der Waals surface area contributed by atoms with Crippen LogP contribution in [0.15, 0.2) is 44.7 Å². The van der Waals surface area contributed by atoms with Gasteiger partial charge in [-0.2, -0.15) is 0 Å². The Morgan fingerprint density at radius 3 is 2.68 bits per heavy atom. The molecule has 0 fully saturated rings. The minimum atomic E-state index is 0.517. The lowest BCUT2D eigenvalue weighted by Gasteiger charge is -2.17. The smallest absolute Gasteiger partial charge is 0.0285 e. The van der Waals surface area contributed by atoms with Gasteiger partial charge in [0, 0.05) is 31.7 Å². The SMILES string of the molecule is CCNCC(Cc1cc(Br)cs1)c1cccc(Br)c1. The van der Waals surface area contributed by atoms with E-state index in [9.17, 15) is 0 Å². The molecule has 2 rings (SSSR count). The van der Waals surface area contributed by atoms with Crippen molar-refractivity contribution in [2.45, 2.75) is 19.3 Å². The van der Waals surface area contributed by atoms with Crippen LogP contribution in [0.1, 0.15) is 23.3 Å². The monoisotopic (exact) mass is 401 g/mol. The van der Waals surface area contributed by atoms with Gasteiger partial charge in [-0.05, 0) is 52.7 Å². The molecule has 4 heteroatoms. The summed E-state index contributed by atoms with van der Waals surface area (Å²) in [4.78, 5) is 1.43. The van der Waals surface area contributed by atoms with Gasteiger partial charge in [-0.15, -0.1) is 11.3 Å². The molecule has 19 heavy (non-hydrogen) atoms. The van der Waals surface area contributed by atoms with Crippen molar-refractivity contribution in [3.63, 3.8) is 0 Å². The Hall–Kier alpha value is -0.160. The van der Waals surface area contributed by atoms with Gasteiger partial charge in [-0.3, -0.25) is 0 Å². The summed E-state index contributed by atoms with van der Waals surface area (Å²) in [5.41, 5.74) is 1.39. The highest BCUT2D eigenvalue weighted by molar-refractivity contribution is 9.10. The number of nitrogens with one attached hydrogen (secondary N) is 1. The van der Waals surface area contributed by atoms with E-state index in [-0.39, 0.29) is 0 Å². The maximum atomic E-state index is 3.56. The summed E-state index contributed by atoms with van der Waals surface area (Å²) in [7, 11) is 0. The normalized spacial score (nSPS) is 12.6. The van der Waals surface area contributed by atoms with Crippen molar-refractivity contribution in [2.75, 3.05) is 13.1 Å². The quantitative estimate of drug-likeness (QED) is 0.699. The largest absolute Gasteiger partial charge is 0.316 e. The Morgan fingerprint density at radius 1 is 1.21 bits per heavy atom. The van der Waals surface area contributed by atoms with Crippen LogP contribution in [-0.4, -0.2) is 13.1 Å². The topological polar surface area (TPSA) is 12.0 Å². The van der Waals surface area contributed by atoms with Crippen LogP contribution in [0.5, 0.6) is 0 Å². The molecular formula is C15H17Br2NS. The van der Waals surface area contributed by atoms with E-state index >= 15 is 0 Å². The molecule has 0 radical (unpaired) electrons. The average Bonchev–Trinajstić information content (AvgIpc) is 2.80. The minimum Gasteiger partial charge on any atom is -0.316 e. The van der Waals surface area contributed by atoms with Crippen molar-refractivity contribution < 1.29 is 0 Å². The van der Waals surface area contributed by atoms with E-state index in [0.29, 0.717) is 5.92 Å². The number of hydrogen-bond acceptors (Lipinski definition) is 2. The molecule has 102 valence electrons. The van der Waals surface area contributed by atoms with Gasteiger partial charge in [0.1, 0.15) is 0 Å². The van der Waals surface area contributed by atoms with Gasteiger partial charge in [-0.25, -0.2) is 0 Å². The first-order chi connectivity index (χ1) is 9.19. The molecule has 1 atom stereocenters. The molecule has 1 nitrogen and oxygen atoms in total. The molecule has 2 aromatic rings. The number of hydrogen-bond donors (Lipinski definition) is 1. The van der Waals surface area contributed by atoms with Gasteiger partial charge in [-0.1, -0.05) is 35.0 Å². The molecule has 0 aliphatic rings. The summed E-state index contributed by atoms with van der Waals surface area (Å²) in [5, 5.41) is 5.62. The van der Waals surface area contributed by atoms with Crippen molar-refractivity contribution in [1.29, 1.82) is 0 Å². The molecule has 1 aromatic carbocycles. The van der Waals surface area contributed by atoms with Gasteiger partial charge < -0.3 is 5.32 Å². The van der Waals surface area contributed by atoms with Crippen LogP contribution in [0.3, 0.4) is 0 Å². The van der Waals surface area contributed by atoms with Gasteiger partial charge in [0.25, 0.3) is 0 Å². The Morgan fingerprint density at radius 2 is 2.05 bits per heavy atom. The second kappa shape index (κ2) is 7.58. The van der Waals surface area contributed by atoms with Crippen molar-refractivity contribution in [1.82, 2.24) is 5.32 Å². The maximum absolute atomic E-state index is 3.56. The molecule has 1 N–H and O–H groups in total. The van der Waals surface area contributed by atoms with Crippen LogP contribution >= 0.6 is 43.2 Å². The fraction of sp³-hybridized carbons (Fsp3) is 0.333. The Bertz CT molecular complexity index is 524. The van der Waals surface area contributed by atoms with E-state index in [2.05, 4.69) is 79.8 Å². The number of likely N-dealkylation sites (N-methyl/N-ethyl adjacent to an activating group) is 1. The molecule has 0 amide bonds. The van der Waals surface area contributed by atoms with E-state index in [1.54, 1.807) is 0 Å². The molecular weight excluding hydrogens is 386 g/mol. The summed E-state index contributed by atoms with van der Waals surface area (Å²) in [6.45, 7) is 4.18. The summed E-state index contributed by atoms with van der Waals surface area (Å²) in [6, 6.07) is 10.9. The van der Waals surface area contributed by atoms with Gasteiger partial charge >= 0.3 is 0 Å². The van der Waals surface area contributed by atoms with Crippen molar-refractivity contribution in [3.05, 3.63) is 55.1 Å². The standard InChI is InChI=1S/C15H17Br2NS/c1-2-18-9-12(7-15-8-14(17)10-19-15)11-4-3-5-13(16)6-11/h3-6,8,10,12,18H,2,7,9H2,1H3. The highest BCUT2D eigenvalue weighted by Crippen LogP contribution is 2.28. The molecule has 0 spiro atoms. The molecule has 1 heterocycles. The van der Waals surface area contributed by atoms with Crippen LogP contribution < -0.4 is 5.32 Å². The third-order valence-corrected chi connectivity index (χ3v) is 5.24. The molecule has 0 aliphatic carbocycles. The second-order valence-corrected chi connectivity index (χ2v) is 7.32. The average molecular weight is 403 g/mol. The van der Waals surface area contributed by atoms with Gasteiger partial charge in [0.2, 0.25) is 0 Å². The highest BCUT2D eigenvalue weighted by atomic mass is 79.9. The van der Waals surface area contributed by atoms with E-state index in [1.807, 2.05) is 11.3 Å². The first kappa shape index (κ1) is 15.2. The second-order valence-electron chi connectivity index (χ2n) is 4.49.